The average molecular weight is 576 g/mol. The second-order valence-corrected chi connectivity index (χ2v) is 12.0. The average Bonchev–Trinajstić information content (AvgIpc) is 3.26. The highest BCUT2D eigenvalue weighted by Crippen LogP contribution is 2.51. The third-order valence-corrected chi connectivity index (χ3v) is 8.01. The second-order valence-electron chi connectivity index (χ2n) is 10.2. The summed E-state index contributed by atoms with van der Waals surface area (Å²) in [5, 5.41) is 3.59. The Morgan fingerprint density at radius 2 is 1.73 bits per heavy atom. The minimum absolute atomic E-state index is 0.0655. The van der Waals surface area contributed by atoms with E-state index in [-0.39, 0.29) is 11.3 Å². The van der Waals surface area contributed by atoms with Crippen molar-refractivity contribution in [3.8, 4) is 28.4 Å². The van der Waals surface area contributed by atoms with E-state index < -0.39 is 28.8 Å². The summed E-state index contributed by atoms with van der Waals surface area (Å²) >= 11 is 0. The fourth-order valence-corrected chi connectivity index (χ4v) is 6.14. The Bertz CT molecular complexity index is 1540. The topological polar surface area (TPSA) is 80.3 Å². The van der Waals surface area contributed by atoms with Gasteiger partial charge in [0.25, 0.3) is 0 Å². The monoisotopic (exact) mass is 575 g/mol. The van der Waals surface area contributed by atoms with Crippen molar-refractivity contribution < 1.29 is 35.6 Å². The van der Waals surface area contributed by atoms with Gasteiger partial charge in [-0.2, -0.15) is 13.2 Å². The molecule has 7 nitrogen and oxygen atoms in total. The summed E-state index contributed by atoms with van der Waals surface area (Å²) in [5.41, 5.74) is 6.34. The summed E-state index contributed by atoms with van der Waals surface area (Å²) in [6.07, 6.45) is -3.81. The Morgan fingerprint density at radius 1 is 1.02 bits per heavy atom. The summed E-state index contributed by atoms with van der Waals surface area (Å²) in [7, 11) is -1.11. The van der Waals surface area contributed by atoms with E-state index in [1.54, 1.807) is 13.2 Å². The maximum absolute atomic E-state index is 12.6. The van der Waals surface area contributed by atoms with Crippen molar-refractivity contribution in [2.24, 2.45) is 0 Å². The van der Waals surface area contributed by atoms with Gasteiger partial charge in [-0.15, -0.1) is 4.55 Å². The van der Waals surface area contributed by atoms with E-state index in [9.17, 15) is 21.9 Å². The Hall–Kier alpha value is -3.70. The lowest BCUT2D eigenvalue weighted by atomic mass is 9.89. The lowest BCUT2D eigenvalue weighted by Gasteiger charge is -2.33. The number of nitrogens with one attached hydrogen (secondary N) is 1. The molecule has 2 aliphatic rings. The minimum Gasteiger partial charge on any atom is -0.496 e. The van der Waals surface area contributed by atoms with Gasteiger partial charge in [0.1, 0.15) is 11.5 Å². The Morgan fingerprint density at radius 3 is 2.42 bits per heavy atom. The number of hydrogen-bond donors (Lipinski definition) is 2. The van der Waals surface area contributed by atoms with Crippen molar-refractivity contribution in [2.75, 3.05) is 30.2 Å². The molecule has 5 rings (SSSR count). The van der Waals surface area contributed by atoms with Gasteiger partial charge in [-0.25, -0.2) is 0 Å². The predicted octanol–water partition coefficient (Wildman–Crippen LogP) is 7.15. The molecule has 1 atom stereocenters. The molecule has 0 fully saturated rings. The first-order chi connectivity index (χ1) is 18.8. The predicted molar refractivity (Wildman–Crippen MR) is 150 cm³/mol. The van der Waals surface area contributed by atoms with Crippen LogP contribution in [-0.2, 0) is 21.2 Å². The van der Waals surface area contributed by atoms with E-state index in [0.29, 0.717) is 17.9 Å². The first kappa shape index (κ1) is 27.9. The molecule has 2 aliphatic heterocycles. The molecule has 0 aromatic heterocycles. The van der Waals surface area contributed by atoms with Gasteiger partial charge in [-0.3, -0.25) is 4.18 Å². The lowest BCUT2D eigenvalue weighted by Crippen LogP contribution is -2.33. The zero-order valence-electron chi connectivity index (χ0n) is 22.5. The van der Waals surface area contributed by atoms with Crippen molar-refractivity contribution in [3.63, 3.8) is 0 Å². The van der Waals surface area contributed by atoms with E-state index >= 15 is 0 Å². The Balaban J connectivity index is 1.55. The number of rotatable bonds is 8. The molecule has 212 valence electrons. The molecular formula is C29H30F3N2O5S+. The molecule has 2 heterocycles. The molecule has 0 saturated heterocycles. The van der Waals surface area contributed by atoms with Crippen LogP contribution in [0.4, 0.5) is 24.5 Å². The molecule has 3 aromatic carbocycles. The van der Waals surface area contributed by atoms with Gasteiger partial charge in [0, 0.05) is 35.1 Å². The maximum Gasteiger partial charge on any atom is 0.394 e. The van der Waals surface area contributed by atoms with Crippen LogP contribution >= 0.6 is 0 Å². The molecule has 0 spiro atoms. The van der Waals surface area contributed by atoms with Crippen LogP contribution < -0.4 is 23.9 Å². The van der Waals surface area contributed by atoms with Crippen molar-refractivity contribution in [1.82, 2.24) is 0 Å². The van der Waals surface area contributed by atoms with Crippen LogP contribution in [0.2, 0.25) is 0 Å². The van der Waals surface area contributed by atoms with E-state index in [2.05, 4.69) is 30.1 Å². The van der Waals surface area contributed by atoms with E-state index in [1.807, 2.05) is 36.4 Å². The van der Waals surface area contributed by atoms with Crippen LogP contribution in [0.15, 0.2) is 60.7 Å². The SMILES string of the molecule is COc1cc(O[S+](=O)(O)CCC(F)(F)F)ccc1-c1ccc2c3c1CN(c1ccccc1OC)C3=CC(C)(C)N2. The molecule has 11 heteroatoms. The van der Waals surface area contributed by atoms with Crippen molar-refractivity contribution in [1.29, 1.82) is 0 Å². The minimum atomic E-state index is -4.57. The quantitative estimate of drug-likeness (QED) is 0.276. The number of hydrogen-bond acceptors (Lipinski definition) is 6. The van der Waals surface area contributed by atoms with Gasteiger partial charge in [0.05, 0.1) is 31.9 Å². The molecule has 0 aliphatic carbocycles. The van der Waals surface area contributed by atoms with Crippen LogP contribution in [0.1, 0.15) is 31.4 Å². The largest absolute Gasteiger partial charge is 0.496 e. The van der Waals surface area contributed by atoms with Gasteiger partial charge in [-0.1, -0.05) is 18.2 Å². The zero-order valence-corrected chi connectivity index (χ0v) is 23.3. The molecule has 0 radical (unpaired) electrons. The number of methoxy groups -OCH3 is 2. The highest BCUT2D eigenvalue weighted by molar-refractivity contribution is 7.93. The van der Waals surface area contributed by atoms with Gasteiger partial charge < -0.3 is 19.7 Å². The molecule has 1 unspecified atom stereocenters. The van der Waals surface area contributed by atoms with Crippen LogP contribution in [0.25, 0.3) is 16.8 Å². The summed E-state index contributed by atoms with van der Waals surface area (Å²) in [5.74, 6) is -0.0329. The van der Waals surface area contributed by atoms with Gasteiger partial charge in [0.2, 0.25) is 0 Å². The summed E-state index contributed by atoms with van der Waals surface area (Å²) in [6.45, 7) is 4.75. The number of para-hydroxylation sites is 2. The number of alkyl halides is 3. The van der Waals surface area contributed by atoms with E-state index in [1.165, 1.54) is 19.2 Å². The normalized spacial score (nSPS) is 16.9. The van der Waals surface area contributed by atoms with E-state index in [4.69, 9.17) is 13.7 Å². The van der Waals surface area contributed by atoms with Crippen LogP contribution in [0, 0.1) is 0 Å². The molecule has 40 heavy (non-hydrogen) atoms. The fourth-order valence-electron chi connectivity index (χ4n) is 5.16. The lowest BCUT2D eigenvalue weighted by molar-refractivity contribution is -0.130. The van der Waals surface area contributed by atoms with Crippen LogP contribution in [0.5, 0.6) is 17.2 Å². The highest BCUT2D eigenvalue weighted by Gasteiger charge is 2.39. The molecule has 2 N–H and O–H groups in total. The van der Waals surface area contributed by atoms with Crippen LogP contribution in [-0.4, -0.2) is 36.2 Å². The summed E-state index contributed by atoms with van der Waals surface area (Å²) in [6, 6.07) is 16.4. The van der Waals surface area contributed by atoms with Gasteiger partial charge >= 0.3 is 16.7 Å². The molecular weight excluding hydrogens is 545 g/mol. The standard InChI is InChI=1S/C29H29F3N2O5S/c1-28(2)16-24-27-21(17-34(24)23-7-5-6-8-25(23)37-3)19(11-12-22(27)33-28)20-10-9-18(15-26(20)38-4)39-40(35,36)14-13-29(30,31)32/h5-12,15-16,33H,13-14,17H2,1-4H3/p+1. The van der Waals surface area contributed by atoms with Crippen molar-refractivity contribution in [3.05, 3.63) is 71.8 Å². The molecule has 0 amide bonds. The zero-order chi connectivity index (χ0) is 28.9. The Kier molecular flexibility index (Phi) is 6.99. The summed E-state index contributed by atoms with van der Waals surface area (Å²) in [4.78, 5) is 2.21. The number of benzene rings is 3. The highest BCUT2D eigenvalue weighted by atomic mass is 32.3. The first-order valence-corrected chi connectivity index (χ1v) is 14.2. The molecule has 0 saturated carbocycles. The summed E-state index contributed by atoms with van der Waals surface area (Å²) < 4.78 is 76.3. The van der Waals surface area contributed by atoms with Crippen LogP contribution in [0.3, 0.4) is 0 Å². The fraction of sp³-hybridized carbons (Fsp3) is 0.310. The smallest absolute Gasteiger partial charge is 0.394 e. The number of halogens is 3. The molecule has 3 aromatic rings. The van der Waals surface area contributed by atoms with E-state index in [0.717, 1.165) is 39.5 Å². The van der Waals surface area contributed by atoms with Crippen molar-refractivity contribution >= 4 is 27.6 Å². The second kappa shape index (κ2) is 10.0. The number of ether oxygens (including phenoxy) is 2. The van der Waals surface area contributed by atoms with Crippen molar-refractivity contribution in [2.45, 2.75) is 38.5 Å². The third-order valence-electron chi connectivity index (χ3n) is 6.84. The first-order valence-electron chi connectivity index (χ1n) is 12.6. The molecule has 0 bridgehead atoms. The van der Waals surface area contributed by atoms with Gasteiger partial charge in [-0.05, 0) is 65.6 Å². The Labute approximate surface area is 232 Å². The number of nitrogens with zero attached hydrogens (tertiary/aromatic N) is 1. The van der Waals surface area contributed by atoms with Gasteiger partial charge in [0.15, 0.2) is 11.5 Å². The number of anilines is 2. The maximum atomic E-state index is 12.6. The third kappa shape index (κ3) is 5.48.